The van der Waals surface area contributed by atoms with Crippen LogP contribution in [0.4, 0.5) is 0 Å². The number of aryl methyl sites for hydroxylation is 1. The van der Waals surface area contributed by atoms with Gasteiger partial charge in [0.2, 0.25) is 0 Å². The lowest BCUT2D eigenvalue weighted by Gasteiger charge is -2.09. The Balaban J connectivity index is 1.58. The Hall–Kier alpha value is -1.60. The van der Waals surface area contributed by atoms with Crippen LogP contribution in [0.2, 0.25) is 0 Å². The van der Waals surface area contributed by atoms with Crippen LogP contribution < -0.4 is 5.32 Å². The smallest absolute Gasteiger partial charge is 0.152 e. The zero-order valence-corrected chi connectivity index (χ0v) is 12.7. The maximum atomic E-state index is 11.4. The van der Waals surface area contributed by atoms with Gasteiger partial charge in [0.15, 0.2) is 15.6 Å². The maximum absolute atomic E-state index is 11.4. The molecule has 0 aliphatic carbocycles. The van der Waals surface area contributed by atoms with Gasteiger partial charge in [0.25, 0.3) is 0 Å². The minimum atomic E-state index is -2.80. The number of furan rings is 1. The second kappa shape index (κ2) is 5.65. The zero-order valence-electron chi connectivity index (χ0n) is 11.9. The molecule has 0 unspecified atom stereocenters. The van der Waals surface area contributed by atoms with E-state index >= 15 is 0 Å². The van der Waals surface area contributed by atoms with Crippen LogP contribution in [0.15, 0.2) is 22.7 Å². The Morgan fingerprint density at radius 2 is 2.33 bits per heavy atom. The topological polar surface area (TPSA) is 88.0 Å². The molecular formula is C14H19N3O3S. The van der Waals surface area contributed by atoms with Crippen molar-refractivity contribution in [3.05, 3.63) is 29.7 Å². The summed E-state index contributed by atoms with van der Waals surface area (Å²) in [5.74, 6) is 2.47. The van der Waals surface area contributed by atoms with Crippen LogP contribution >= 0.6 is 0 Å². The molecule has 2 aromatic rings. The first-order valence-electron chi connectivity index (χ1n) is 7.04. The molecule has 0 bridgehead atoms. The summed E-state index contributed by atoms with van der Waals surface area (Å²) in [5, 5.41) is 10.3. The fraction of sp³-hybridized carbons (Fsp3) is 0.500. The van der Waals surface area contributed by atoms with Crippen LogP contribution in [0.5, 0.6) is 0 Å². The molecule has 0 aromatic carbocycles. The van der Waals surface area contributed by atoms with Gasteiger partial charge in [-0.3, -0.25) is 5.10 Å². The second-order valence-corrected chi connectivity index (χ2v) is 7.81. The van der Waals surface area contributed by atoms with E-state index in [0.29, 0.717) is 24.6 Å². The van der Waals surface area contributed by atoms with Crippen molar-refractivity contribution in [1.29, 1.82) is 0 Å². The molecule has 1 saturated heterocycles. The highest BCUT2D eigenvalue weighted by Gasteiger charge is 2.27. The second-order valence-electron chi connectivity index (χ2n) is 5.58. The standard InChI is InChI=1S/C14H19N3O3S/c1-10-2-3-13(20-10)14-12(8-16-17-14)7-15-6-11-4-5-21(18,19)9-11/h2-3,8,11,15H,4-7,9H2,1H3,(H,16,17)/t11-/m1/s1. The van der Waals surface area contributed by atoms with Crippen molar-refractivity contribution < 1.29 is 12.8 Å². The molecular weight excluding hydrogens is 290 g/mol. The van der Waals surface area contributed by atoms with Crippen molar-refractivity contribution in [2.24, 2.45) is 5.92 Å². The quantitative estimate of drug-likeness (QED) is 0.874. The Bertz CT molecular complexity index is 717. The minimum Gasteiger partial charge on any atom is -0.460 e. The van der Waals surface area contributed by atoms with Crippen molar-refractivity contribution >= 4 is 9.84 Å². The minimum absolute atomic E-state index is 0.219. The number of aromatic amines is 1. The Morgan fingerprint density at radius 3 is 3.00 bits per heavy atom. The highest BCUT2D eigenvalue weighted by molar-refractivity contribution is 7.91. The van der Waals surface area contributed by atoms with Crippen molar-refractivity contribution in [2.45, 2.75) is 19.9 Å². The first-order chi connectivity index (χ1) is 10.0. The van der Waals surface area contributed by atoms with Crippen molar-refractivity contribution in [3.63, 3.8) is 0 Å². The Morgan fingerprint density at radius 1 is 1.48 bits per heavy atom. The van der Waals surface area contributed by atoms with Gasteiger partial charge in [-0.1, -0.05) is 0 Å². The molecule has 0 radical (unpaired) electrons. The Kier molecular flexibility index (Phi) is 3.86. The molecule has 1 aliphatic heterocycles. The molecule has 21 heavy (non-hydrogen) atoms. The van der Waals surface area contributed by atoms with Crippen molar-refractivity contribution in [1.82, 2.24) is 15.5 Å². The first-order valence-corrected chi connectivity index (χ1v) is 8.86. The molecule has 3 heterocycles. The van der Waals surface area contributed by atoms with Gasteiger partial charge in [-0.15, -0.1) is 0 Å². The molecule has 2 N–H and O–H groups in total. The fourth-order valence-corrected chi connectivity index (χ4v) is 4.53. The van der Waals surface area contributed by atoms with Crippen molar-refractivity contribution in [2.75, 3.05) is 18.1 Å². The lowest BCUT2D eigenvalue weighted by Crippen LogP contribution is -2.23. The average Bonchev–Trinajstić information content (AvgIpc) is 3.10. The summed E-state index contributed by atoms with van der Waals surface area (Å²) in [7, 11) is -2.80. The fourth-order valence-electron chi connectivity index (χ4n) is 2.67. The van der Waals surface area contributed by atoms with E-state index in [9.17, 15) is 8.42 Å². The van der Waals surface area contributed by atoms with Gasteiger partial charge in [-0.2, -0.15) is 5.10 Å². The number of sulfone groups is 1. The lowest BCUT2D eigenvalue weighted by atomic mass is 10.1. The number of hydrogen-bond acceptors (Lipinski definition) is 5. The molecule has 3 rings (SSSR count). The third-order valence-electron chi connectivity index (χ3n) is 3.78. The Labute approximate surface area is 123 Å². The van der Waals surface area contributed by atoms with Crippen LogP contribution in [-0.4, -0.2) is 36.7 Å². The van der Waals surface area contributed by atoms with E-state index < -0.39 is 9.84 Å². The van der Waals surface area contributed by atoms with E-state index in [1.54, 1.807) is 6.20 Å². The number of aromatic nitrogens is 2. The SMILES string of the molecule is Cc1ccc(-c2[nH]ncc2CNC[C@H]2CCS(=O)(=O)C2)o1. The molecule has 1 atom stereocenters. The summed E-state index contributed by atoms with van der Waals surface area (Å²) in [6.45, 7) is 3.25. The van der Waals surface area contributed by atoms with E-state index in [-0.39, 0.29) is 5.92 Å². The molecule has 6 nitrogen and oxygen atoms in total. The number of H-pyrrole nitrogens is 1. The molecule has 0 spiro atoms. The van der Waals surface area contributed by atoms with E-state index in [1.807, 2.05) is 19.1 Å². The van der Waals surface area contributed by atoms with Gasteiger partial charge in [0, 0.05) is 12.1 Å². The average molecular weight is 309 g/mol. The van der Waals surface area contributed by atoms with Gasteiger partial charge < -0.3 is 9.73 Å². The van der Waals surface area contributed by atoms with Gasteiger partial charge in [0.1, 0.15) is 11.5 Å². The highest BCUT2D eigenvalue weighted by atomic mass is 32.2. The number of nitrogens with one attached hydrogen (secondary N) is 2. The van der Waals surface area contributed by atoms with Gasteiger partial charge >= 0.3 is 0 Å². The summed E-state index contributed by atoms with van der Waals surface area (Å²) < 4.78 is 28.4. The summed E-state index contributed by atoms with van der Waals surface area (Å²) in [5.41, 5.74) is 1.89. The number of rotatable bonds is 5. The van der Waals surface area contributed by atoms with Gasteiger partial charge in [0.05, 0.1) is 17.7 Å². The summed E-state index contributed by atoms with van der Waals surface area (Å²) >= 11 is 0. The third-order valence-corrected chi connectivity index (χ3v) is 5.62. The van der Waals surface area contributed by atoms with Crippen LogP contribution in [-0.2, 0) is 16.4 Å². The molecule has 1 aliphatic rings. The summed E-state index contributed by atoms with van der Waals surface area (Å²) in [6, 6.07) is 3.83. The van der Waals surface area contributed by atoms with Crippen molar-refractivity contribution in [3.8, 4) is 11.5 Å². The van der Waals surface area contributed by atoms with Gasteiger partial charge in [-0.05, 0) is 37.9 Å². The predicted octanol–water partition coefficient (Wildman–Crippen LogP) is 1.50. The van der Waals surface area contributed by atoms with E-state index in [0.717, 1.165) is 29.2 Å². The molecule has 1 fully saturated rings. The van der Waals surface area contributed by atoms with Crippen LogP contribution in [0.1, 0.15) is 17.7 Å². The molecule has 7 heteroatoms. The summed E-state index contributed by atoms with van der Waals surface area (Å²) in [4.78, 5) is 0. The normalized spacial score (nSPS) is 20.9. The number of nitrogens with zero attached hydrogens (tertiary/aromatic N) is 1. The first kappa shape index (κ1) is 14.3. The number of hydrogen-bond donors (Lipinski definition) is 2. The monoisotopic (exact) mass is 309 g/mol. The van der Waals surface area contributed by atoms with E-state index in [1.165, 1.54) is 0 Å². The summed E-state index contributed by atoms with van der Waals surface area (Å²) in [6.07, 6.45) is 2.52. The molecule has 0 saturated carbocycles. The maximum Gasteiger partial charge on any atom is 0.152 e. The van der Waals surface area contributed by atoms with Crippen LogP contribution in [0.25, 0.3) is 11.5 Å². The van der Waals surface area contributed by atoms with E-state index in [2.05, 4.69) is 15.5 Å². The highest BCUT2D eigenvalue weighted by Crippen LogP contribution is 2.23. The largest absolute Gasteiger partial charge is 0.460 e. The van der Waals surface area contributed by atoms with Crippen LogP contribution in [0, 0.1) is 12.8 Å². The van der Waals surface area contributed by atoms with Crippen LogP contribution in [0.3, 0.4) is 0 Å². The van der Waals surface area contributed by atoms with Gasteiger partial charge in [-0.25, -0.2) is 8.42 Å². The molecule has 2 aromatic heterocycles. The van der Waals surface area contributed by atoms with E-state index in [4.69, 9.17) is 4.42 Å². The molecule has 0 amide bonds. The lowest BCUT2D eigenvalue weighted by molar-refractivity contribution is 0.519. The predicted molar refractivity (Wildman–Crippen MR) is 79.5 cm³/mol. The zero-order chi connectivity index (χ0) is 14.9. The molecule has 114 valence electrons. The third kappa shape index (κ3) is 3.36.